The Hall–Kier alpha value is -3.20. The van der Waals surface area contributed by atoms with Crippen LogP contribution in [0.3, 0.4) is 0 Å². The predicted molar refractivity (Wildman–Crippen MR) is 122 cm³/mol. The molecule has 0 bridgehead atoms. The van der Waals surface area contributed by atoms with E-state index in [9.17, 15) is 18.0 Å². The van der Waals surface area contributed by atoms with Crippen LogP contribution >= 0.6 is 23.2 Å². The summed E-state index contributed by atoms with van der Waals surface area (Å²) in [5, 5.41) is 0.800. The first-order chi connectivity index (χ1) is 15.7. The van der Waals surface area contributed by atoms with Gasteiger partial charge in [0.2, 0.25) is 0 Å². The number of alkyl halides is 3. The van der Waals surface area contributed by atoms with E-state index in [2.05, 4.69) is 0 Å². The van der Waals surface area contributed by atoms with Gasteiger partial charge in [-0.2, -0.15) is 13.2 Å². The monoisotopic (exact) mass is 492 g/mol. The summed E-state index contributed by atoms with van der Waals surface area (Å²) in [5.74, 6) is 4.62. The van der Waals surface area contributed by atoms with Crippen molar-refractivity contribution in [3.05, 3.63) is 106 Å². The third kappa shape index (κ3) is 4.37. The highest BCUT2D eigenvalue weighted by Crippen LogP contribution is 2.47. The average molecular weight is 493 g/mol. The lowest BCUT2D eigenvalue weighted by Crippen LogP contribution is -2.40. The Kier molecular flexibility index (Phi) is 6.25. The lowest BCUT2D eigenvalue weighted by molar-refractivity contribution is -0.137. The van der Waals surface area contributed by atoms with E-state index in [1.165, 1.54) is 29.3 Å². The van der Waals surface area contributed by atoms with E-state index >= 15 is 0 Å². The van der Waals surface area contributed by atoms with E-state index in [0.717, 1.165) is 6.07 Å². The van der Waals surface area contributed by atoms with Crippen LogP contribution in [0.1, 0.15) is 17.3 Å². The zero-order valence-corrected chi connectivity index (χ0v) is 18.4. The second-order valence-electron chi connectivity index (χ2n) is 7.15. The molecule has 3 N–H and O–H groups in total. The predicted octanol–water partition coefficient (Wildman–Crippen LogP) is 5.87. The van der Waals surface area contributed by atoms with Gasteiger partial charge in [-0.05, 0) is 42.5 Å². The standard InChI is InChI=1S/C23H17Cl2F3N4O/c24-14-9-11-15(12-10-14)31-13-20(21(33)30-29)32(22(31)16-5-1-3-7-18(16)25)19-8-4-2-6-17(19)23(26,27)28/h1-13,22H,29H2,(H,30,33). The molecule has 4 rings (SSSR count). The van der Waals surface area contributed by atoms with Crippen molar-refractivity contribution in [3.8, 4) is 0 Å². The summed E-state index contributed by atoms with van der Waals surface area (Å²) >= 11 is 12.5. The SMILES string of the molecule is NNC(=O)C1=CN(c2ccc(Cl)cc2)C(c2ccccc2Cl)N1c1ccccc1C(F)(F)F. The highest BCUT2D eigenvalue weighted by molar-refractivity contribution is 6.31. The molecular formula is C23H17Cl2F3N4O. The maximum absolute atomic E-state index is 14.0. The molecule has 170 valence electrons. The molecule has 1 aliphatic rings. The van der Waals surface area contributed by atoms with Crippen molar-refractivity contribution in [2.24, 2.45) is 5.84 Å². The van der Waals surface area contributed by atoms with Gasteiger partial charge in [-0.1, -0.05) is 53.5 Å². The Labute approximate surface area is 197 Å². The molecular weight excluding hydrogens is 476 g/mol. The molecule has 1 amide bonds. The van der Waals surface area contributed by atoms with Gasteiger partial charge in [0.15, 0.2) is 0 Å². The van der Waals surface area contributed by atoms with E-state index in [1.54, 1.807) is 53.4 Å². The summed E-state index contributed by atoms with van der Waals surface area (Å²) in [6.07, 6.45) is -4.15. The topological polar surface area (TPSA) is 61.6 Å². The quantitative estimate of drug-likeness (QED) is 0.271. The zero-order chi connectivity index (χ0) is 23.8. The minimum Gasteiger partial charge on any atom is -0.320 e. The summed E-state index contributed by atoms with van der Waals surface area (Å²) in [6, 6.07) is 18.4. The Morgan fingerprint density at radius 2 is 1.58 bits per heavy atom. The summed E-state index contributed by atoms with van der Waals surface area (Å²) in [5.41, 5.74) is 1.88. The number of hydrogen-bond acceptors (Lipinski definition) is 4. The summed E-state index contributed by atoms with van der Waals surface area (Å²) in [6.45, 7) is 0. The summed E-state index contributed by atoms with van der Waals surface area (Å²) < 4.78 is 41.9. The molecule has 0 saturated carbocycles. The molecule has 3 aromatic rings. The van der Waals surface area contributed by atoms with Crippen LogP contribution in [-0.4, -0.2) is 5.91 Å². The van der Waals surface area contributed by atoms with Crippen LogP contribution in [-0.2, 0) is 11.0 Å². The maximum atomic E-state index is 14.0. The van der Waals surface area contributed by atoms with E-state index in [0.29, 0.717) is 21.3 Å². The van der Waals surface area contributed by atoms with Crippen LogP contribution in [0.2, 0.25) is 10.0 Å². The van der Waals surface area contributed by atoms with Crippen molar-refractivity contribution >= 4 is 40.5 Å². The summed E-state index contributed by atoms with van der Waals surface area (Å²) in [7, 11) is 0. The molecule has 1 atom stereocenters. The number of rotatable bonds is 4. The molecule has 10 heteroatoms. The fourth-order valence-electron chi connectivity index (χ4n) is 3.75. The van der Waals surface area contributed by atoms with Crippen LogP contribution in [0.15, 0.2) is 84.7 Å². The number of nitrogens with two attached hydrogens (primary N) is 1. The van der Waals surface area contributed by atoms with Crippen molar-refractivity contribution in [1.29, 1.82) is 0 Å². The zero-order valence-electron chi connectivity index (χ0n) is 16.9. The Bertz CT molecular complexity index is 1210. The number of anilines is 2. The minimum atomic E-state index is -4.67. The van der Waals surface area contributed by atoms with Gasteiger partial charge in [0.25, 0.3) is 5.91 Å². The van der Waals surface area contributed by atoms with Gasteiger partial charge in [-0.25, -0.2) is 5.84 Å². The third-order valence-electron chi connectivity index (χ3n) is 5.17. The molecule has 0 fully saturated rings. The number of halogens is 5. The highest BCUT2D eigenvalue weighted by Gasteiger charge is 2.43. The van der Waals surface area contributed by atoms with Gasteiger partial charge < -0.3 is 9.80 Å². The van der Waals surface area contributed by atoms with Crippen LogP contribution in [0.5, 0.6) is 0 Å². The smallest absolute Gasteiger partial charge is 0.320 e. The first-order valence-electron chi connectivity index (χ1n) is 9.69. The van der Waals surface area contributed by atoms with Crippen molar-refractivity contribution in [1.82, 2.24) is 5.43 Å². The maximum Gasteiger partial charge on any atom is 0.418 e. The minimum absolute atomic E-state index is 0.0888. The van der Waals surface area contributed by atoms with Crippen molar-refractivity contribution in [2.75, 3.05) is 9.80 Å². The normalized spacial score (nSPS) is 16.1. The number of carbonyl (C=O) groups is 1. The molecule has 1 aliphatic heterocycles. The number of nitrogens with one attached hydrogen (secondary N) is 1. The Balaban J connectivity index is 1.99. The molecule has 0 aromatic heterocycles. The van der Waals surface area contributed by atoms with Gasteiger partial charge >= 0.3 is 6.18 Å². The second-order valence-corrected chi connectivity index (χ2v) is 8.00. The molecule has 3 aromatic carbocycles. The number of nitrogens with zero attached hydrogens (tertiary/aromatic N) is 2. The van der Waals surface area contributed by atoms with Crippen molar-refractivity contribution in [3.63, 3.8) is 0 Å². The average Bonchev–Trinajstić information content (AvgIpc) is 3.19. The number of amides is 1. The van der Waals surface area contributed by atoms with Crippen LogP contribution < -0.4 is 21.1 Å². The molecule has 0 spiro atoms. The molecule has 1 unspecified atom stereocenters. The van der Waals surface area contributed by atoms with Gasteiger partial charge in [-0.3, -0.25) is 10.2 Å². The Morgan fingerprint density at radius 1 is 0.939 bits per heavy atom. The molecule has 0 saturated heterocycles. The van der Waals surface area contributed by atoms with E-state index in [4.69, 9.17) is 29.0 Å². The van der Waals surface area contributed by atoms with Crippen molar-refractivity contribution < 1.29 is 18.0 Å². The fraction of sp³-hybridized carbons (Fsp3) is 0.0870. The highest BCUT2D eigenvalue weighted by atomic mass is 35.5. The van der Waals surface area contributed by atoms with Gasteiger partial charge in [0.1, 0.15) is 11.9 Å². The number of para-hydroxylation sites is 1. The van der Waals surface area contributed by atoms with Crippen LogP contribution in [0, 0.1) is 0 Å². The molecule has 0 radical (unpaired) electrons. The number of carbonyl (C=O) groups excluding carboxylic acids is 1. The van der Waals surface area contributed by atoms with E-state index in [1.807, 2.05) is 5.43 Å². The van der Waals surface area contributed by atoms with Crippen LogP contribution in [0.25, 0.3) is 0 Å². The van der Waals surface area contributed by atoms with E-state index in [-0.39, 0.29) is 11.4 Å². The van der Waals surface area contributed by atoms with Gasteiger partial charge in [0.05, 0.1) is 11.3 Å². The molecule has 33 heavy (non-hydrogen) atoms. The number of hydrazine groups is 1. The third-order valence-corrected chi connectivity index (χ3v) is 5.77. The number of hydrogen-bond donors (Lipinski definition) is 2. The second kappa shape index (κ2) is 8.97. The van der Waals surface area contributed by atoms with Gasteiger partial charge in [-0.15, -0.1) is 0 Å². The first-order valence-corrected chi connectivity index (χ1v) is 10.4. The summed E-state index contributed by atoms with van der Waals surface area (Å²) in [4.78, 5) is 15.7. The molecule has 5 nitrogen and oxygen atoms in total. The largest absolute Gasteiger partial charge is 0.418 e. The van der Waals surface area contributed by atoms with Crippen molar-refractivity contribution in [2.45, 2.75) is 12.3 Å². The molecule has 1 heterocycles. The molecule has 0 aliphatic carbocycles. The van der Waals surface area contributed by atoms with Gasteiger partial charge in [0, 0.05) is 27.5 Å². The fourth-order valence-corrected chi connectivity index (χ4v) is 4.11. The van der Waals surface area contributed by atoms with E-state index < -0.39 is 23.8 Å². The lowest BCUT2D eigenvalue weighted by atomic mass is 10.1. The number of benzene rings is 3. The van der Waals surface area contributed by atoms with Crippen LogP contribution in [0.4, 0.5) is 24.5 Å². The Morgan fingerprint density at radius 3 is 2.21 bits per heavy atom. The lowest BCUT2D eigenvalue weighted by Gasteiger charge is -2.36. The first kappa shape index (κ1) is 23.0.